The van der Waals surface area contributed by atoms with Crippen molar-refractivity contribution in [3.8, 4) is 0 Å². The first-order chi connectivity index (χ1) is 9.08. The summed E-state index contributed by atoms with van der Waals surface area (Å²) in [4.78, 5) is 2.81. The molecule has 2 rings (SSSR count). The van der Waals surface area contributed by atoms with Gasteiger partial charge in [-0.05, 0) is 56.5 Å². The van der Waals surface area contributed by atoms with Crippen molar-refractivity contribution in [2.75, 3.05) is 19.6 Å². The highest BCUT2D eigenvalue weighted by atomic mass is 15.2. The Kier molecular flexibility index (Phi) is 5.30. The van der Waals surface area contributed by atoms with Crippen LogP contribution in [-0.2, 0) is 0 Å². The van der Waals surface area contributed by atoms with E-state index >= 15 is 0 Å². The van der Waals surface area contributed by atoms with Gasteiger partial charge in [0.1, 0.15) is 0 Å². The molecule has 2 aliphatic rings. The molecule has 2 nitrogen and oxygen atoms in total. The second-order valence-electron chi connectivity index (χ2n) is 7.40. The van der Waals surface area contributed by atoms with Gasteiger partial charge in [0.05, 0.1) is 0 Å². The molecular weight excluding hydrogens is 232 g/mol. The van der Waals surface area contributed by atoms with Gasteiger partial charge in [0.15, 0.2) is 0 Å². The molecule has 0 spiro atoms. The number of rotatable bonds is 8. The first-order valence-corrected chi connectivity index (χ1v) is 8.56. The first-order valence-electron chi connectivity index (χ1n) is 8.56. The van der Waals surface area contributed by atoms with Gasteiger partial charge in [0, 0.05) is 18.6 Å². The minimum Gasteiger partial charge on any atom is -0.313 e. The Morgan fingerprint density at radius 1 is 1.16 bits per heavy atom. The average Bonchev–Trinajstić information content (AvgIpc) is 3.16. The van der Waals surface area contributed by atoms with E-state index in [-0.39, 0.29) is 0 Å². The predicted octanol–water partition coefficient (Wildman–Crippen LogP) is 3.67. The van der Waals surface area contributed by atoms with Crippen molar-refractivity contribution in [3.63, 3.8) is 0 Å². The Morgan fingerprint density at radius 2 is 1.89 bits per heavy atom. The van der Waals surface area contributed by atoms with Gasteiger partial charge >= 0.3 is 0 Å². The molecule has 0 saturated heterocycles. The van der Waals surface area contributed by atoms with E-state index < -0.39 is 0 Å². The molecule has 0 aromatic heterocycles. The van der Waals surface area contributed by atoms with Crippen molar-refractivity contribution in [1.29, 1.82) is 0 Å². The Morgan fingerprint density at radius 3 is 2.47 bits per heavy atom. The largest absolute Gasteiger partial charge is 0.313 e. The van der Waals surface area contributed by atoms with Crippen LogP contribution in [0, 0.1) is 11.3 Å². The van der Waals surface area contributed by atoms with Crippen LogP contribution in [0.3, 0.4) is 0 Å². The summed E-state index contributed by atoms with van der Waals surface area (Å²) in [5.41, 5.74) is 0.487. The minimum absolute atomic E-state index is 0.487. The summed E-state index contributed by atoms with van der Waals surface area (Å²) < 4.78 is 0. The number of hydrogen-bond donors (Lipinski definition) is 1. The van der Waals surface area contributed by atoms with Crippen LogP contribution in [0.1, 0.15) is 66.2 Å². The van der Waals surface area contributed by atoms with Gasteiger partial charge in [-0.2, -0.15) is 0 Å². The quantitative estimate of drug-likeness (QED) is 0.721. The van der Waals surface area contributed by atoms with E-state index in [9.17, 15) is 0 Å². The van der Waals surface area contributed by atoms with E-state index in [2.05, 4.69) is 37.9 Å². The SMILES string of the molecule is CCCCN(CC1CCC(C)(C)C1NCC)C1CC1. The number of nitrogens with zero attached hydrogens (tertiary/aromatic N) is 1. The van der Waals surface area contributed by atoms with E-state index in [1.165, 1.54) is 51.6 Å². The molecule has 2 saturated carbocycles. The zero-order valence-electron chi connectivity index (χ0n) is 13.5. The highest BCUT2D eigenvalue weighted by molar-refractivity contribution is 4.98. The molecule has 0 radical (unpaired) electrons. The van der Waals surface area contributed by atoms with Gasteiger partial charge in [-0.1, -0.05) is 34.1 Å². The maximum absolute atomic E-state index is 3.78. The van der Waals surface area contributed by atoms with E-state index in [4.69, 9.17) is 0 Å². The number of hydrogen-bond acceptors (Lipinski definition) is 2. The maximum Gasteiger partial charge on any atom is 0.0159 e. The van der Waals surface area contributed by atoms with Crippen molar-refractivity contribution >= 4 is 0 Å². The van der Waals surface area contributed by atoms with Crippen LogP contribution in [0.4, 0.5) is 0 Å². The molecule has 2 heteroatoms. The van der Waals surface area contributed by atoms with E-state index in [0.29, 0.717) is 5.41 Å². The molecule has 0 aromatic carbocycles. The standard InChI is InChI=1S/C17H34N2/c1-5-7-12-19(15-8-9-15)13-14-10-11-17(3,4)16(14)18-6-2/h14-16,18H,5-13H2,1-4H3. The normalized spacial score (nSPS) is 30.2. The Balaban J connectivity index is 1.91. The molecule has 2 atom stereocenters. The summed E-state index contributed by atoms with van der Waals surface area (Å²) in [6.45, 7) is 13.2. The first kappa shape index (κ1) is 15.3. The zero-order chi connectivity index (χ0) is 13.9. The monoisotopic (exact) mass is 266 g/mol. The molecule has 2 unspecified atom stereocenters. The molecule has 19 heavy (non-hydrogen) atoms. The van der Waals surface area contributed by atoms with Crippen LogP contribution in [0.15, 0.2) is 0 Å². The molecule has 0 heterocycles. The Bertz CT molecular complexity index is 270. The summed E-state index contributed by atoms with van der Waals surface area (Å²) in [7, 11) is 0. The lowest BCUT2D eigenvalue weighted by molar-refractivity contribution is 0.177. The lowest BCUT2D eigenvalue weighted by atomic mass is 9.84. The molecule has 0 aromatic rings. The molecule has 0 bridgehead atoms. The molecule has 112 valence electrons. The third-order valence-corrected chi connectivity index (χ3v) is 5.23. The highest BCUT2D eigenvalue weighted by Gasteiger charge is 2.43. The van der Waals surface area contributed by atoms with Crippen LogP contribution in [-0.4, -0.2) is 36.6 Å². The van der Waals surface area contributed by atoms with Crippen molar-refractivity contribution in [2.24, 2.45) is 11.3 Å². The van der Waals surface area contributed by atoms with Crippen LogP contribution >= 0.6 is 0 Å². The van der Waals surface area contributed by atoms with Gasteiger partial charge in [0.2, 0.25) is 0 Å². The highest BCUT2D eigenvalue weighted by Crippen LogP contribution is 2.42. The fourth-order valence-corrected chi connectivity index (χ4v) is 3.90. The van der Waals surface area contributed by atoms with E-state index in [1.807, 2.05) is 0 Å². The lowest BCUT2D eigenvalue weighted by Gasteiger charge is -2.34. The van der Waals surface area contributed by atoms with Gasteiger partial charge in [-0.15, -0.1) is 0 Å². The van der Waals surface area contributed by atoms with Crippen LogP contribution < -0.4 is 5.32 Å². The lowest BCUT2D eigenvalue weighted by Crippen LogP contribution is -2.46. The average molecular weight is 266 g/mol. The summed E-state index contributed by atoms with van der Waals surface area (Å²) in [6.07, 6.45) is 8.41. The van der Waals surface area contributed by atoms with Crippen LogP contribution in [0.25, 0.3) is 0 Å². The smallest absolute Gasteiger partial charge is 0.0159 e. The van der Waals surface area contributed by atoms with Crippen LogP contribution in [0.5, 0.6) is 0 Å². The molecule has 0 aliphatic heterocycles. The Labute approximate surface area is 120 Å². The number of nitrogens with one attached hydrogen (secondary N) is 1. The van der Waals surface area contributed by atoms with Gasteiger partial charge < -0.3 is 10.2 Å². The third kappa shape index (κ3) is 3.95. The van der Waals surface area contributed by atoms with Crippen molar-refractivity contribution in [1.82, 2.24) is 10.2 Å². The zero-order valence-corrected chi connectivity index (χ0v) is 13.5. The van der Waals surface area contributed by atoms with E-state index in [1.54, 1.807) is 0 Å². The topological polar surface area (TPSA) is 15.3 Å². The van der Waals surface area contributed by atoms with Crippen molar-refractivity contribution < 1.29 is 0 Å². The van der Waals surface area contributed by atoms with Gasteiger partial charge in [0.25, 0.3) is 0 Å². The Hall–Kier alpha value is -0.0800. The fraction of sp³-hybridized carbons (Fsp3) is 1.00. The molecule has 2 aliphatic carbocycles. The van der Waals surface area contributed by atoms with Gasteiger partial charge in [-0.3, -0.25) is 0 Å². The van der Waals surface area contributed by atoms with Gasteiger partial charge in [-0.25, -0.2) is 0 Å². The summed E-state index contributed by atoms with van der Waals surface area (Å²) in [6, 6.07) is 1.65. The summed E-state index contributed by atoms with van der Waals surface area (Å²) in [5.74, 6) is 0.868. The fourth-order valence-electron chi connectivity index (χ4n) is 3.90. The third-order valence-electron chi connectivity index (χ3n) is 5.23. The molecular formula is C17H34N2. The number of unbranched alkanes of at least 4 members (excludes halogenated alkanes) is 1. The minimum atomic E-state index is 0.487. The summed E-state index contributed by atoms with van der Waals surface area (Å²) in [5, 5.41) is 3.78. The molecule has 1 N–H and O–H groups in total. The molecule has 2 fully saturated rings. The van der Waals surface area contributed by atoms with Crippen LogP contribution in [0.2, 0.25) is 0 Å². The second-order valence-corrected chi connectivity index (χ2v) is 7.40. The predicted molar refractivity (Wildman–Crippen MR) is 83.5 cm³/mol. The van der Waals surface area contributed by atoms with Crippen molar-refractivity contribution in [3.05, 3.63) is 0 Å². The summed E-state index contributed by atoms with van der Waals surface area (Å²) >= 11 is 0. The maximum atomic E-state index is 3.78. The van der Waals surface area contributed by atoms with E-state index in [0.717, 1.165) is 24.5 Å². The molecule has 0 amide bonds. The second kappa shape index (κ2) is 6.58. The van der Waals surface area contributed by atoms with Crippen molar-refractivity contribution in [2.45, 2.75) is 78.3 Å².